The smallest absolute Gasteiger partial charge is 0.131 e. The van der Waals surface area contributed by atoms with Crippen LogP contribution in [0, 0.1) is 22.1 Å². The summed E-state index contributed by atoms with van der Waals surface area (Å²) in [5.74, 6) is -0.477. The Hall–Kier alpha value is -2.26. The summed E-state index contributed by atoms with van der Waals surface area (Å²) in [5, 5.41) is 16.7. The average Bonchev–Trinajstić information content (AvgIpc) is 2.77. The van der Waals surface area contributed by atoms with Crippen molar-refractivity contribution in [3.63, 3.8) is 0 Å². The van der Waals surface area contributed by atoms with Crippen molar-refractivity contribution < 1.29 is 4.39 Å². The van der Waals surface area contributed by atoms with Crippen molar-refractivity contribution in [3.05, 3.63) is 45.9 Å². The van der Waals surface area contributed by atoms with E-state index in [2.05, 4.69) is 10.5 Å². The van der Waals surface area contributed by atoms with Crippen LogP contribution in [0.2, 0.25) is 0 Å². The highest BCUT2D eigenvalue weighted by atomic mass is 32.1. The third-order valence-corrected chi connectivity index (χ3v) is 2.92. The van der Waals surface area contributed by atoms with Crippen LogP contribution in [0.4, 0.5) is 20.8 Å². The zero-order chi connectivity index (χ0) is 12.3. The molecule has 0 aliphatic rings. The van der Waals surface area contributed by atoms with Crippen LogP contribution in [-0.2, 0) is 0 Å². The van der Waals surface area contributed by atoms with Crippen molar-refractivity contribution in [1.82, 2.24) is 0 Å². The lowest BCUT2D eigenvalue weighted by atomic mass is 10.2. The summed E-state index contributed by atoms with van der Waals surface area (Å²) < 4.78 is 13.0. The molecule has 1 N–H and O–H groups in total. The highest BCUT2D eigenvalue weighted by Gasteiger charge is 2.08. The number of rotatable bonds is 3. The minimum Gasteiger partial charge on any atom is -0.344 e. The Morgan fingerprint density at radius 1 is 1.41 bits per heavy atom. The van der Waals surface area contributed by atoms with Gasteiger partial charge in [-0.05, 0) is 34.8 Å². The molecule has 0 bridgehead atoms. The molecule has 1 heterocycles. The summed E-state index contributed by atoms with van der Waals surface area (Å²) in [6, 6.07) is 7.23. The van der Waals surface area contributed by atoms with E-state index in [4.69, 9.17) is 5.26 Å². The van der Waals surface area contributed by atoms with E-state index < -0.39 is 5.82 Å². The van der Waals surface area contributed by atoms with E-state index in [0.717, 1.165) is 12.1 Å². The summed E-state index contributed by atoms with van der Waals surface area (Å²) >= 11 is 1.29. The first-order valence-electron chi connectivity index (χ1n) is 4.62. The molecule has 0 fully saturated rings. The Morgan fingerprint density at radius 2 is 2.24 bits per heavy atom. The van der Waals surface area contributed by atoms with E-state index in [9.17, 15) is 9.30 Å². The van der Waals surface area contributed by atoms with Crippen LogP contribution in [0.1, 0.15) is 5.56 Å². The molecule has 0 radical (unpaired) electrons. The lowest BCUT2D eigenvalue weighted by Gasteiger charge is -2.06. The number of benzene rings is 1. The fourth-order valence-electron chi connectivity index (χ4n) is 1.30. The number of thiophene rings is 1. The number of anilines is 2. The zero-order valence-electron chi connectivity index (χ0n) is 8.48. The van der Waals surface area contributed by atoms with Gasteiger partial charge in [0, 0.05) is 0 Å². The molecule has 1 aromatic heterocycles. The van der Waals surface area contributed by atoms with Crippen molar-refractivity contribution >= 4 is 27.7 Å². The second-order valence-electron chi connectivity index (χ2n) is 3.15. The molecule has 0 amide bonds. The first kappa shape index (κ1) is 11.2. The standard InChI is InChI=1S/C11H6FN3OS/c12-8-1-2-9(15-16)10(5-8)14-11-7(6-13)3-4-17-11/h1-5,14H. The van der Waals surface area contributed by atoms with Gasteiger partial charge in [0.25, 0.3) is 0 Å². The summed E-state index contributed by atoms with van der Waals surface area (Å²) in [4.78, 5) is 10.5. The van der Waals surface area contributed by atoms with Crippen molar-refractivity contribution in [3.8, 4) is 6.07 Å². The first-order valence-corrected chi connectivity index (χ1v) is 5.50. The molecular weight excluding hydrogens is 241 g/mol. The number of halogens is 1. The molecular formula is C11H6FN3OS. The predicted octanol–water partition coefficient (Wildman–Crippen LogP) is 3.90. The number of nitriles is 1. The van der Waals surface area contributed by atoms with Crippen LogP contribution in [0.25, 0.3) is 0 Å². The highest BCUT2D eigenvalue weighted by Crippen LogP contribution is 2.32. The highest BCUT2D eigenvalue weighted by molar-refractivity contribution is 7.14. The summed E-state index contributed by atoms with van der Waals surface area (Å²) in [6.45, 7) is 0. The molecule has 6 heteroatoms. The topological polar surface area (TPSA) is 65.2 Å². The predicted molar refractivity (Wildman–Crippen MR) is 64.2 cm³/mol. The molecule has 0 spiro atoms. The summed E-state index contributed by atoms with van der Waals surface area (Å²) in [5.41, 5.74) is 0.791. The number of nitroso groups, excluding NO2 is 1. The van der Waals surface area contributed by atoms with Crippen molar-refractivity contribution in [2.75, 3.05) is 5.32 Å². The molecule has 0 unspecified atom stereocenters. The van der Waals surface area contributed by atoms with E-state index in [0.29, 0.717) is 10.6 Å². The van der Waals surface area contributed by atoms with E-state index in [-0.39, 0.29) is 11.4 Å². The van der Waals surface area contributed by atoms with Gasteiger partial charge in [-0.25, -0.2) is 4.39 Å². The first-order chi connectivity index (χ1) is 8.24. The maximum atomic E-state index is 13.0. The van der Waals surface area contributed by atoms with Gasteiger partial charge in [-0.1, -0.05) is 0 Å². The van der Waals surface area contributed by atoms with Crippen LogP contribution in [-0.4, -0.2) is 0 Å². The minimum absolute atomic E-state index is 0.101. The lowest BCUT2D eigenvalue weighted by molar-refractivity contribution is 0.628. The van der Waals surface area contributed by atoms with Gasteiger partial charge in [-0.15, -0.1) is 16.2 Å². The molecule has 0 saturated carbocycles. The van der Waals surface area contributed by atoms with Gasteiger partial charge < -0.3 is 5.32 Å². The largest absolute Gasteiger partial charge is 0.344 e. The monoisotopic (exact) mass is 247 g/mol. The molecule has 17 heavy (non-hydrogen) atoms. The zero-order valence-corrected chi connectivity index (χ0v) is 9.29. The number of nitrogens with zero attached hydrogens (tertiary/aromatic N) is 2. The summed E-state index contributed by atoms with van der Waals surface area (Å²) in [6.07, 6.45) is 0. The van der Waals surface area contributed by atoms with Crippen molar-refractivity contribution in [1.29, 1.82) is 5.26 Å². The van der Waals surface area contributed by atoms with Gasteiger partial charge in [0.1, 0.15) is 22.6 Å². The molecule has 0 aliphatic carbocycles. The van der Waals surface area contributed by atoms with Gasteiger partial charge in [0.15, 0.2) is 0 Å². The molecule has 0 atom stereocenters. The molecule has 2 rings (SSSR count). The number of nitrogens with one attached hydrogen (secondary N) is 1. The van der Waals surface area contributed by atoms with Gasteiger partial charge in [-0.2, -0.15) is 5.26 Å². The third kappa shape index (κ3) is 2.29. The molecule has 1 aromatic carbocycles. The van der Waals surface area contributed by atoms with Gasteiger partial charge >= 0.3 is 0 Å². The minimum atomic E-state index is -0.477. The molecule has 0 aliphatic heterocycles. The van der Waals surface area contributed by atoms with Gasteiger partial charge in [0.05, 0.1) is 11.3 Å². The molecule has 0 saturated heterocycles. The Morgan fingerprint density at radius 3 is 2.94 bits per heavy atom. The number of hydrogen-bond acceptors (Lipinski definition) is 5. The molecule has 4 nitrogen and oxygen atoms in total. The molecule has 2 aromatic rings. The van der Waals surface area contributed by atoms with Crippen LogP contribution >= 0.6 is 11.3 Å². The maximum absolute atomic E-state index is 13.0. The Kier molecular flexibility index (Phi) is 3.12. The SMILES string of the molecule is N#Cc1ccsc1Nc1cc(F)ccc1N=O. The quantitative estimate of drug-likeness (QED) is 0.836. The summed E-state index contributed by atoms with van der Waals surface area (Å²) in [7, 11) is 0. The number of hydrogen-bond donors (Lipinski definition) is 1. The Bertz CT molecular complexity index is 603. The van der Waals surface area contributed by atoms with Crippen molar-refractivity contribution in [2.45, 2.75) is 0 Å². The average molecular weight is 247 g/mol. The Labute approximate surface area is 100 Å². The van der Waals surface area contributed by atoms with E-state index in [1.165, 1.54) is 17.4 Å². The second kappa shape index (κ2) is 4.72. The van der Waals surface area contributed by atoms with Crippen LogP contribution < -0.4 is 5.32 Å². The van der Waals surface area contributed by atoms with Gasteiger partial charge in [0.2, 0.25) is 0 Å². The Balaban J connectivity index is 2.39. The fraction of sp³-hybridized carbons (Fsp3) is 0. The van der Waals surface area contributed by atoms with E-state index in [1.54, 1.807) is 11.4 Å². The van der Waals surface area contributed by atoms with E-state index >= 15 is 0 Å². The van der Waals surface area contributed by atoms with Gasteiger partial charge in [-0.3, -0.25) is 0 Å². The van der Waals surface area contributed by atoms with Crippen LogP contribution in [0.15, 0.2) is 34.8 Å². The fourth-order valence-corrected chi connectivity index (χ4v) is 2.05. The lowest BCUT2D eigenvalue weighted by Crippen LogP contribution is -1.91. The third-order valence-electron chi connectivity index (χ3n) is 2.09. The van der Waals surface area contributed by atoms with Crippen LogP contribution in [0.3, 0.4) is 0 Å². The second-order valence-corrected chi connectivity index (χ2v) is 4.07. The maximum Gasteiger partial charge on any atom is 0.131 e. The van der Waals surface area contributed by atoms with E-state index in [1.807, 2.05) is 6.07 Å². The normalized spacial score (nSPS) is 9.65. The van der Waals surface area contributed by atoms with Crippen LogP contribution in [0.5, 0.6) is 0 Å². The molecule has 84 valence electrons. The van der Waals surface area contributed by atoms with Crippen molar-refractivity contribution in [2.24, 2.45) is 5.18 Å².